The average Bonchev–Trinajstić information content (AvgIpc) is 2.40. The summed E-state index contributed by atoms with van der Waals surface area (Å²) in [6.07, 6.45) is 6.07. The van der Waals surface area contributed by atoms with Crippen molar-refractivity contribution in [2.24, 2.45) is 0 Å². The van der Waals surface area contributed by atoms with Crippen molar-refractivity contribution in [3.63, 3.8) is 0 Å². The predicted octanol–water partition coefficient (Wildman–Crippen LogP) is 5.59. The van der Waals surface area contributed by atoms with Crippen molar-refractivity contribution in [1.82, 2.24) is 0 Å². The van der Waals surface area contributed by atoms with Gasteiger partial charge in [0, 0.05) is 0 Å². The van der Waals surface area contributed by atoms with Gasteiger partial charge in [0.15, 0.2) is 0 Å². The Morgan fingerprint density at radius 2 is 2.05 bits per heavy atom. The largest absolute Gasteiger partial charge is 3.00 e. The number of halogens is 2. The number of hydrogen-bond donors (Lipinski definition) is 0. The van der Waals surface area contributed by atoms with Gasteiger partial charge in [-0.3, -0.25) is 0 Å². The molecule has 0 spiro atoms. The van der Waals surface area contributed by atoms with Gasteiger partial charge in [-0.2, -0.15) is 0 Å². The summed E-state index contributed by atoms with van der Waals surface area (Å²) in [5.74, 6) is 0. The molecular formula is C15H20Cl2NPr+2. The molecule has 1 aromatic rings. The third-order valence-corrected chi connectivity index (χ3v) is 4.67. The predicted molar refractivity (Wildman–Crippen MR) is 80.0 cm³/mol. The molecular weight excluding hydrogens is 406 g/mol. The van der Waals surface area contributed by atoms with Gasteiger partial charge in [-0.05, 0) is 36.0 Å². The Labute approximate surface area is 159 Å². The standard InChI is InChI=1S/C15H20Cl2N.Pr/c1-2-3-7-15(8-4-9-18-11-15)12-5-6-13(16)14(17)10-12;/h5-6,10H,2-4,7-9,11H2,1H3;/q-1;+3. The van der Waals surface area contributed by atoms with Crippen LogP contribution in [0.1, 0.15) is 44.6 Å². The molecule has 1 aromatic carbocycles. The maximum atomic E-state index is 6.17. The Kier molecular flexibility index (Phi) is 8.17. The van der Waals surface area contributed by atoms with Gasteiger partial charge in [0.05, 0.1) is 10.0 Å². The molecule has 0 radical (unpaired) electrons. The van der Waals surface area contributed by atoms with Crippen molar-refractivity contribution in [2.45, 2.75) is 44.4 Å². The van der Waals surface area contributed by atoms with Gasteiger partial charge < -0.3 is 5.32 Å². The Morgan fingerprint density at radius 3 is 2.63 bits per heavy atom. The van der Waals surface area contributed by atoms with Crippen LogP contribution in [0.25, 0.3) is 5.32 Å². The van der Waals surface area contributed by atoms with Gasteiger partial charge in [0.2, 0.25) is 0 Å². The monoisotopic (exact) mass is 425 g/mol. The van der Waals surface area contributed by atoms with Crippen LogP contribution < -0.4 is 0 Å². The van der Waals surface area contributed by atoms with E-state index in [1.165, 1.54) is 37.7 Å². The second-order valence-electron chi connectivity index (χ2n) is 5.22. The molecule has 0 bridgehead atoms. The molecule has 100 valence electrons. The SMILES string of the molecule is CCCCC1(c2ccc(Cl)c(Cl)c2)CCC[N-]C1.[Pr+3]. The van der Waals surface area contributed by atoms with E-state index in [0.717, 1.165) is 13.1 Å². The van der Waals surface area contributed by atoms with E-state index in [1.807, 2.05) is 12.1 Å². The van der Waals surface area contributed by atoms with Crippen molar-refractivity contribution < 1.29 is 41.3 Å². The number of nitrogens with zero attached hydrogens (tertiary/aromatic N) is 1. The van der Waals surface area contributed by atoms with Crippen LogP contribution in [-0.4, -0.2) is 13.1 Å². The number of unbranched alkanes of at least 4 members (excludes halogenated alkanes) is 1. The van der Waals surface area contributed by atoms with Crippen molar-refractivity contribution >= 4 is 23.2 Å². The second-order valence-corrected chi connectivity index (χ2v) is 6.04. The molecule has 2 rings (SSSR count). The van der Waals surface area contributed by atoms with Gasteiger partial charge in [-0.15, -0.1) is 13.1 Å². The maximum absolute atomic E-state index is 6.17. The number of hydrogen-bond acceptors (Lipinski definition) is 0. The minimum absolute atomic E-state index is 0. The van der Waals surface area contributed by atoms with Crippen LogP contribution in [0.4, 0.5) is 0 Å². The van der Waals surface area contributed by atoms with Crippen LogP contribution in [0.5, 0.6) is 0 Å². The molecule has 1 saturated heterocycles. The van der Waals surface area contributed by atoms with Gasteiger partial charge in [-0.1, -0.05) is 55.5 Å². The Hall–Kier alpha value is 1.12. The van der Waals surface area contributed by atoms with Crippen molar-refractivity contribution in [2.75, 3.05) is 13.1 Å². The van der Waals surface area contributed by atoms with E-state index in [1.54, 1.807) is 0 Å². The molecule has 1 aliphatic rings. The molecule has 1 aliphatic heterocycles. The number of benzene rings is 1. The molecule has 0 saturated carbocycles. The molecule has 4 heteroatoms. The van der Waals surface area contributed by atoms with E-state index >= 15 is 0 Å². The first-order valence-corrected chi connectivity index (χ1v) is 7.52. The third kappa shape index (κ3) is 4.55. The summed E-state index contributed by atoms with van der Waals surface area (Å²) in [6, 6.07) is 6.09. The number of rotatable bonds is 4. The fraction of sp³-hybridized carbons (Fsp3) is 0.600. The first kappa shape index (κ1) is 18.2. The van der Waals surface area contributed by atoms with Crippen molar-refractivity contribution in [3.05, 3.63) is 39.1 Å². The summed E-state index contributed by atoms with van der Waals surface area (Å²) in [6.45, 7) is 4.18. The van der Waals surface area contributed by atoms with Gasteiger partial charge in [0.25, 0.3) is 0 Å². The van der Waals surface area contributed by atoms with Crippen LogP contribution >= 0.6 is 23.2 Å². The van der Waals surface area contributed by atoms with Crippen LogP contribution in [-0.2, 0) is 5.41 Å². The van der Waals surface area contributed by atoms with E-state index in [-0.39, 0.29) is 46.7 Å². The molecule has 19 heavy (non-hydrogen) atoms. The normalized spacial score (nSPS) is 22.9. The maximum Gasteiger partial charge on any atom is 3.00 e. The van der Waals surface area contributed by atoms with Crippen LogP contribution in [0.2, 0.25) is 10.0 Å². The fourth-order valence-corrected chi connectivity index (χ4v) is 3.12. The van der Waals surface area contributed by atoms with Crippen molar-refractivity contribution in [3.8, 4) is 0 Å². The van der Waals surface area contributed by atoms with Crippen LogP contribution in [0, 0.1) is 41.3 Å². The first-order valence-electron chi connectivity index (χ1n) is 6.77. The summed E-state index contributed by atoms with van der Waals surface area (Å²) in [4.78, 5) is 0. The van der Waals surface area contributed by atoms with Gasteiger partial charge >= 0.3 is 41.3 Å². The van der Waals surface area contributed by atoms with E-state index in [4.69, 9.17) is 23.2 Å². The molecule has 0 N–H and O–H groups in total. The summed E-state index contributed by atoms with van der Waals surface area (Å²) in [7, 11) is 0. The quantitative estimate of drug-likeness (QED) is 0.597. The Balaban J connectivity index is 0.00000180. The molecule has 0 aliphatic carbocycles. The minimum Gasteiger partial charge on any atom is -0.662 e. The van der Waals surface area contributed by atoms with E-state index in [2.05, 4.69) is 18.3 Å². The molecule has 1 fully saturated rings. The number of piperidine rings is 1. The van der Waals surface area contributed by atoms with E-state index in [0.29, 0.717) is 10.0 Å². The zero-order valence-corrected chi connectivity index (χ0v) is 16.7. The molecule has 1 atom stereocenters. The summed E-state index contributed by atoms with van der Waals surface area (Å²) < 4.78 is 0. The van der Waals surface area contributed by atoms with Gasteiger partial charge in [0.1, 0.15) is 0 Å². The first-order chi connectivity index (χ1) is 8.68. The van der Waals surface area contributed by atoms with E-state index in [9.17, 15) is 0 Å². The van der Waals surface area contributed by atoms with E-state index < -0.39 is 0 Å². The summed E-state index contributed by atoms with van der Waals surface area (Å²) in [5.41, 5.74) is 1.51. The Morgan fingerprint density at radius 1 is 1.26 bits per heavy atom. The Bertz CT molecular complexity index is 403. The van der Waals surface area contributed by atoms with Gasteiger partial charge in [-0.25, -0.2) is 0 Å². The van der Waals surface area contributed by atoms with Crippen LogP contribution in [0.15, 0.2) is 18.2 Å². The van der Waals surface area contributed by atoms with Crippen molar-refractivity contribution in [1.29, 1.82) is 0 Å². The second kappa shape index (κ2) is 8.54. The molecule has 1 nitrogen and oxygen atoms in total. The smallest absolute Gasteiger partial charge is 0.662 e. The zero-order chi connectivity index (χ0) is 13.0. The zero-order valence-electron chi connectivity index (χ0n) is 11.5. The summed E-state index contributed by atoms with van der Waals surface area (Å²) in [5, 5.41) is 5.94. The molecule has 0 aromatic heterocycles. The molecule has 1 unspecified atom stereocenters. The van der Waals surface area contributed by atoms with Crippen LogP contribution in [0.3, 0.4) is 0 Å². The average molecular weight is 426 g/mol. The fourth-order valence-electron chi connectivity index (χ4n) is 2.83. The molecule has 0 amide bonds. The summed E-state index contributed by atoms with van der Waals surface area (Å²) >= 11 is 12.2. The minimum atomic E-state index is 0. The topological polar surface area (TPSA) is 14.1 Å². The molecule has 1 heterocycles. The third-order valence-electron chi connectivity index (χ3n) is 3.93.